The molecule has 4 nitrogen and oxygen atoms in total. The third kappa shape index (κ3) is 20.9. The molecular weight excluding hydrogens is 413 g/mol. The lowest BCUT2D eigenvalue weighted by Crippen LogP contribution is -2.13. The lowest BCUT2D eigenvalue weighted by molar-refractivity contribution is -0.120. The fraction of sp³-hybridized carbons (Fsp3) is 0.875. The Balaban J connectivity index is 3.26. The van der Waals surface area contributed by atoms with Gasteiger partial charge in [0.1, 0.15) is 0 Å². The van der Waals surface area contributed by atoms with Gasteiger partial charge in [-0.2, -0.15) is 0 Å². The van der Waals surface area contributed by atoms with Crippen LogP contribution in [0.2, 0.25) is 0 Å². The van der Waals surface area contributed by atoms with Gasteiger partial charge in [0, 0.05) is 64.3 Å². The van der Waals surface area contributed by atoms with E-state index in [1.807, 2.05) is 0 Å². The van der Waals surface area contributed by atoms with Crippen molar-refractivity contribution in [2.45, 2.75) is 90.9 Å². The first-order chi connectivity index (χ1) is 12.2. The number of amides is 2. The molecule has 0 spiro atoms. The Labute approximate surface area is 172 Å². The second kappa shape index (κ2) is 21.0. The minimum atomic E-state index is 0.101. The number of unbranched alkanes of at least 4 members (excludes halogenated alkanes) is 8. The molecular formula is C16H32N2O2S5. The number of carbonyl (C=O) groups excluding carboxylic acids is 2. The predicted molar refractivity (Wildman–Crippen MR) is 121 cm³/mol. The molecule has 0 aliphatic heterocycles. The van der Waals surface area contributed by atoms with Gasteiger partial charge >= 0.3 is 0 Å². The van der Waals surface area contributed by atoms with Crippen molar-refractivity contribution in [2.24, 2.45) is 0 Å². The van der Waals surface area contributed by atoms with E-state index >= 15 is 0 Å². The second-order valence-electron chi connectivity index (χ2n) is 5.75. The molecule has 0 aliphatic rings. The van der Waals surface area contributed by atoms with Crippen LogP contribution in [0.1, 0.15) is 90.9 Å². The predicted octanol–water partition coefficient (Wildman–Crippen LogP) is 7.10. The summed E-state index contributed by atoms with van der Waals surface area (Å²) in [6.07, 6.45) is 12.8. The maximum absolute atomic E-state index is 11.6. The highest BCUT2D eigenvalue weighted by Gasteiger charge is 2.04. The van der Waals surface area contributed by atoms with E-state index in [0.717, 1.165) is 25.7 Å². The van der Waals surface area contributed by atoms with E-state index in [9.17, 15) is 9.59 Å². The first-order valence-electron chi connectivity index (χ1n) is 9.10. The minimum absolute atomic E-state index is 0.101. The monoisotopic (exact) mass is 444 g/mol. The second-order valence-corrected chi connectivity index (χ2v) is 12.8. The average Bonchev–Trinajstić information content (AvgIpc) is 2.60. The van der Waals surface area contributed by atoms with Crippen LogP contribution in [0.25, 0.3) is 0 Å². The van der Waals surface area contributed by atoms with E-state index < -0.39 is 0 Å². The Bertz CT molecular complexity index is 306. The lowest BCUT2D eigenvalue weighted by atomic mass is 10.1. The SMILES string of the molecule is CCCCCCCC(=O)NSSSSSNC(=O)CCCCCCC. The number of carbonyl (C=O) groups is 2. The molecule has 0 aromatic carbocycles. The van der Waals surface area contributed by atoms with Gasteiger partial charge in [-0.3, -0.25) is 19.0 Å². The molecule has 148 valence electrons. The summed E-state index contributed by atoms with van der Waals surface area (Å²) in [5.41, 5.74) is 0. The van der Waals surface area contributed by atoms with Crippen LogP contribution in [-0.2, 0) is 9.59 Å². The Morgan fingerprint density at radius 3 is 1.40 bits per heavy atom. The molecule has 0 atom stereocenters. The van der Waals surface area contributed by atoms with E-state index in [4.69, 9.17) is 0 Å². The van der Waals surface area contributed by atoms with Crippen LogP contribution in [0.15, 0.2) is 0 Å². The van der Waals surface area contributed by atoms with Crippen molar-refractivity contribution in [3.63, 3.8) is 0 Å². The molecule has 2 amide bonds. The van der Waals surface area contributed by atoms with E-state index in [-0.39, 0.29) is 11.8 Å². The molecule has 0 saturated carbocycles. The first kappa shape index (κ1) is 25.7. The molecule has 0 aliphatic carbocycles. The number of hydrogen-bond donors (Lipinski definition) is 2. The van der Waals surface area contributed by atoms with Gasteiger partial charge in [-0.15, -0.1) is 0 Å². The fourth-order valence-electron chi connectivity index (χ4n) is 2.05. The average molecular weight is 445 g/mol. The van der Waals surface area contributed by atoms with Gasteiger partial charge in [0.25, 0.3) is 0 Å². The lowest BCUT2D eigenvalue weighted by Gasteiger charge is -2.04. The molecule has 0 fully saturated rings. The Morgan fingerprint density at radius 2 is 1.00 bits per heavy atom. The van der Waals surface area contributed by atoms with Gasteiger partial charge in [0.05, 0.1) is 0 Å². The zero-order valence-corrected chi connectivity index (χ0v) is 19.4. The van der Waals surface area contributed by atoms with Gasteiger partial charge in [-0.25, -0.2) is 0 Å². The molecule has 0 aromatic rings. The normalized spacial score (nSPS) is 10.6. The quantitative estimate of drug-likeness (QED) is 0.133. The smallest absolute Gasteiger partial charge is 0.230 e. The number of hydrogen-bond acceptors (Lipinski definition) is 7. The number of rotatable bonds is 18. The molecule has 0 aromatic heterocycles. The maximum Gasteiger partial charge on any atom is 0.230 e. The van der Waals surface area contributed by atoms with Crippen LogP contribution in [-0.4, -0.2) is 11.8 Å². The van der Waals surface area contributed by atoms with Crippen molar-refractivity contribution in [3.05, 3.63) is 0 Å². The molecule has 2 N–H and O–H groups in total. The summed E-state index contributed by atoms with van der Waals surface area (Å²) in [4.78, 5) is 23.2. The fourth-order valence-corrected chi connectivity index (χ4v) is 8.85. The van der Waals surface area contributed by atoms with Crippen molar-refractivity contribution in [2.75, 3.05) is 0 Å². The van der Waals surface area contributed by atoms with Crippen LogP contribution in [0.5, 0.6) is 0 Å². The van der Waals surface area contributed by atoms with Crippen LogP contribution in [0.3, 0.4) is 0 Å². The minimum Gasteiger partial charge on any atom is -0.290 e. The zero-order valence-electron chi connectivity index (χ0n) is 15.3. The largest absolute Gasteiger partial charge is 0.290 e. The van der Waals surface area contributed by atoms with Crippen LogP contribution >= 0.6 is 51.4 Å². The molecule has 0 unspecified atom stereocenters. The summed E-state index contributed by atoms with van der Waals surface area (Å²) in [7, 11) is 7.22. The van der Waals surface area contributed by atoms with E-state index in [0.29, 0.717) is 12.8 Å². The van der Waals surface area contributed by atoms with Gasteiger partial charge in [-0.1, -0.05) is 65.2 Å². The molecule has 0 radical (unpaired) electrons. The van der Waals surface area contributed by atoms with E-state index in [1.165, 1.54) is 90.0 Å². The summed E-state index contributed by atoms with van der Waals surface area (Å²) in [5, 5.41) is 0. The van der Waals surface area contributed by atoms with Crippen molar-refractivity contribution in [1.29, 1.82) is 0 Å². The first-order valence-corrected chi connectivity index (χ1v) is 15.3. The zero-order chi connectivity index (χ0) is 18.6. The van der Waals surface area contributed by atoms with Gasteiger partial charge in [-0.05, 0) is 12.8 Å². The standard InChI is InChI=1S/C16H32N2O2S5/c1-3-5-7-9-11-13-15(19)17-21-23-25-24-22-18-16(20)14-12-10-8-6-4-2/h3-14H2,1-2H3,(H,17,19)(H,18,20). The molecule has 0 rings (SSSR count). The topological polar surface area (TPSA) is 58.2 Å². The molecule has 9 heteroatoms. The van der Waals surface area contributed by atoms with E-state index in [1.54, 1.807) is 0 Å². The van der Waals surface area contributed by atoms with Crippen LogP contribution < -0.4 is 9.44 Å². The summed E-state index contributed by atoms with van der Waals surface area (Å²) < 4.78 is 5.66. The Hall–Kier alpha value is 0.690. The van der Waals surface area contributed by atoms with Crippen molar-refractivity contribution in [3.8, 4) is 0 Å². The third-order valence-electron chi connectivity index (χ3n) is 3.45. The molecule has 0 saturated heterocycles. The highest BCUT2D eigenvalue weighted by molar-refractivity contribution is 9.35. The van der Waals surface area contributed by atoms with Crippen LogP contribution in [0, 0.1) is 0 Å². The summed E-state index contributed by atoms with van der Waals surface area (Å²) in [6.45, 7) is 4.38. The van der Waals surface area contributed by atoms with Crippen molar-refractivity contribution < 1.29 is 9.59 Å². The molecule has 25 heavy (non-hydrogen) atoms. The summed E-state index contributed by atoms with van der Waals surface area (Å²) in [6, 6.07) is 0. The van der Waals surface area contributed by atoms with Gasteiger partial charge in [0.2, 0.25) is 11.8 Å². The Morgan fingerprint density at radius 1 is 0.600 bits per heavy atom. The highest BCUT2D eigenvalue weighted by atomic mass is 33.8. The van der Waals surface area contributed by atoms with Crippen molar-refractivity contribution >= 4 is 63.3 Å². The Kier molecular flexibility index (Phi) is 21.6. The van der Waals surface area contributed by atoms with Gasteiger partial charge < -0.3 is 0 Å². The highest BCUT2D eigenvalue weighted by Crippen LogP contribution is 2.46. The van der Waals surface area contributed by atoms with Crippen molar-refractivity contribution in [1.82, 2.24) is 9.44 Å². The summed E-state index contributed by atoms with van der Waals surface area (Å²) >= 11 is 0. The maximum atomic E-state index is 11.6. The number of nitrogens with one attached hydrogen (secondary N) is 2. The molecule has 0 bridgehead atoms. The molecule has 0 heterocycles. The summed E-state index contributed by atoms with van der Waals surface area (Å²) in [5.74, 6) is 0.201. The third-order valence-corrected chi connectivity index (χ3v) is 10.8. The van der Waals surface area contributed by atoms with Crippen LogP contribution in [0.4, 0.5) is 0 Å². The van der Waals surface area contributed by atoms with Gasteiger partial charge in [0.15, 0.2) is 0 Å². The van der Waals surface area contributed by atoms with E-state index in [2.05, 4.69) is 23.3 Å².